The van der Waals surface area contributed by atoms with Gasteiger partial charge in [0.1, 0.15) is 0 Å². The summed E-state index contributed by atoms with van der Waals surface area (Å²) in [6.45, 7) is 0. The molecule has 0 spiro atoms. The van der Waals surface area contributed by atoms with Crippen LogP contribution in [0.1, 0.15) is 12.3 Å². The van der Waals surface area contributed by atoms with Crippen LogP contribution in [0.5, 0.6) is 0 Å². The Labute approximate surface area is 140 Å². The summed E-state index contributed by atoms with van der Waals surface area (Å²) >= 11 is 1.50. The maximum atomic E-state index is 11.9. The van der Waals surface area contributed by atoms with E-state index >= 15 is 0 Å². The Morgan fingerprint density at radius 3 is 2.96 bits per heavy atom. The Morgan fingerprint density at radius 2 is 2.21 bits per heavy atom. The second-order valence-electron chi connectivity index (χ2n) is 4.84. The summed E-state index contributed by atoms with van der Waals surface area (Å²) in [6, 6.07) is 9.54. The molecule has 3 aromatic rings. The van der Waals surface area contributed by atoms with Gasteiger partial charge < -0.3 is 9.84 Å². The van der Waals surface area contributed by atoms with Crippen LogP contribution in [0.2, 0.25) is 0 Å². The number of aryl methyl sites for hydroxylation is 1. The average molecular weight is 344 g/mol. The maximum absolute atomic E-state index is 11.9. The van der Waals surface area contributed by atoms with Gasteiger partial charge in [-0.25, -0.2) is 0 Å². The third-order valence-electron chi connectivity index (χ3n) is 3.12. The van der Waals surface area contributed by atoms with Crippen LogP contribution in [0.3, 0.4) is 0 Å². The number of nitro groups is 1. The number of nitrogens with one attached hydrogen (secondary N) is 1. The zero-order valence-electron chi connectivity index (χ0n) is 12.3. The highest BCUT2D eigenvalue weighted by Gasteiger charge is 2.12. The van der Waals surface area contributed by atoms with E-state index in [-0.39, 0.29) is 18.0 Å². The Kier molecular flexibility index (Phi) is 4.62. The smallest absolute Gasteiger partial charge is 0.271 e. The average Bonchev–Trinajstić information content (AvgIpc) is 3.24. The lowest BCUT2D eigenvalue weighted by Gasteiger charge is -2.03. The standard InChI is InChI=1S/C15H12N4O4S/c20-13(16-10-3-1-4-11(9-10)19(21)22)6-7-14-17-15(18-23-14)12-5-2-8-24-12/h1-5,8-9H,6-7H2,(H,16,20). The molecule has 0 saturated heterocycles. The second-order valence-corrected chi connectivity index (χ2v) is 5.79. The Hall–Kier alpha value is -3.07. The quantitative estimate of drug-likeness (QED) is 0.542. The van der Waals surface area contributed by atoms with Gasteiger partial charge in [0.05, 0.1) is 9.80 Å². The van der Waals surface area contributed by atoms with E-state index in [9.17, 15) is 14.9 Å². The molecule has 3 rings (SSSR count). The number of hydrogen-bond donors (Lipinski definition) is 1. The number of rotatable bonds is 6. The molecule has 24 heavy (non-hydrogen) atoms. The summed E-state index contributed by atoms with van der Waals surface area (Å²) in [4.78, 5) is 27.3. The van der Waals surface area contributed by atoms with Crippen LogP contribution in [-0.2, 0) is 11.2 Å². The van der Waals surface area contributed by atoms with E-state index in [1.54, 1.807) is 6.07 Å². The van der Waals surface area contributed by atoms with Crippen LogP contribution in [-0.4, -0.2) is 21.0 Å². The third kappa shape index (κ3) is 3.82. The molecule has 0 radical (unpaired) electrons. The molecular weight excluding hydrogens is 332 g/mol. The molecule has 122 valence electrons. The van der Waals surface area contributed by atoms with E-state index in [2.05, 4.69) is 15.5 Å². The Bertz CT molecular complexity index is 860. The number of hydrogen-bond acceptors (Lipinski definition) is 7. The first kappa shape index (κ1) is 15.8. The minimum atomic E-state index is -0.514. The van der Waals surface area contributed by atoms with Gasteiger partial charge in [-0.3, -0.25) is 14.9 Å². The summed E-state index contributed by atoms with van der Waals surface area (Å²) in [5.41, 5.74) is 0.296. The first-order valence-electron chi connectivity index (χ1n) is 7.02. The van der Waals surface area contributed by atoms with Gasteiger partial charge in [0.2, 0.25) is 17.6 Å². The van der Waals surface area contributed by atoms with Crippen molar-refractivity contribution in [3.05, 3.63) is 57.8 Å². The largest absolute Gasteiger partial charge is 0.339 e. The summed E-state index contributed by atoms with van der Waals surface area (Å²) in [7, 11) is 0. The highest BCUT2D eigenvalue weighted by molar-refractivity contribution is 7.13. The molecule has 1 aromatic carbocycles. The molecule has 0 bridgehead atoms. The number of non-ortho nitro benzene ring substituents is 1. The van der Waals surface area contributed by atoms with Crippen molar-refractivity contribution in [2.24, 2.45) is 0 Å². The first-order chi connectivity index (χ1) is 11.6. The Balaban J connectivity index is 1.56. The predicted molar refractivity (Wildman–Crippen MR) is 87.7 cm³/mol. The van der Waals surface area contributed by atoms with Gasteiger partial charge in [0.25, 0.3) is 5.69 Å². The molecule has 9 heteroatoms. The molecule has 0 aliphatic heterocycles. The molecule has 1 N–H and O–H groups in total. The van der Waals surface area contributed by atoms with Crippen molar-refractivity contribution in [1.82, 2.24) is 10.1 Å². The second kappa shape index (κ2) is 7.01. The number of nitro benzene ring substituents is 1. The SMILES string of the molecule is O=C(CCc1nc(-c2cccs2)no1)Nc1cccc([N+](=O)[O-])c1. The van der Waals surface area contributed by atoms with E-state index in [0.717, 1.165) is 4.88 Å². The first-order valence-corrected chi connectivity index (χ1v) is 7.90. The number of amides is 1. The molecule has 0 fully saturated rings. The topological polar surface area (TPSA) is 111 Å². The van der Waals surface area contributed by atoms with Crippen molar-refractivity contribution in [3.8, 4) is 10.7 Å². The van der Waals surface area contributed by atoms with Crippen LogP contribution in [0.4, 0.5) is 11.4 Å². The van der Waals surface area contributed by atoms with Crippen molar-refractivity contribution in [2.45, 2.75) is 12.8 Å². The van der Waals surface area contributed by atoms with E-state index in [4.69, 9.17) is 4.52 Å². The lowest BCUT2D eigenvalue weighted by molar-refractivity contribution is -0.384. The molecule has 1 amide bonds. The number of carbonyl (C=O) groups is 1. The normalized spacial score (nSPS) is 10.5. The van der Waals surface area contributed by atoms with Gasteiger partial charge >= 0.3 is 0 Å². The summed E-state index contributed by atoms with van der Waals surface area (Å²) < 4.78 is 5.12. The van der Waals surface area contributed by atoms with E-state index in [1.165, 1.54) is 29.5 Å². The Morgan fingerprint density at radius 1 is 1.33 bits per heavy atom. The molecule has 0 aliphatic carbocycles. The van der Waals surface area contributed by atoms with Crippen molar-refractivity contribution in [2.75, 3.05) is 5.32 Å². The van der Waals surface area contributed by atoms with Crippen molar-refractivity contribution < 1.29 is 14.2 Å². The van der Waals surface area contributed by atoms with Crippen molar-refractivity contribution >= 4 is 28.6 Å². The van der Waals surface area contributed by atoms with Gasteiger partial charge in [-0.2, -0.15) is 4.98 Å². The van der Waals surface area contributed by atoms with Crippen LogP contribution in [0.25, 0.3) is 10.7 Å². The van der Waals surface area contributed by atoms with Gasteiger partial charge in [-0.1, -0.05) is 17.3 Å². The minimum Gasteiger partial charge on any atom is -0.339 e. The number of aromatic nitrogens is 2. The molecular formula is C15H12N4O4S. The zero-order valence-corrected chi connectivity index (χ0v) is 13.2. The summed E-state index contributed by atoms with van der Waals surface area (Å²) in [5.74, 6) is 0.582. The predicted octanol–water partition coefficient (Wildman–Crippen LogP) is 3.28. The van der Waals surface area contributed by atoms with E-state index < -0.39 is 4.92 Å². The molecule has 2 heterocycles. The molecule has 8 nitrogen and oxygen atoms in total. The number of benzene rings is 1. The fourth-order valence-corrected chi connectivity index (χ4v) is 2.65. The minimum absolute atomic E-state index is 0.0784. The summed E-state index contributed by atoms with van der Waals surface area (Å²) in [6.07, 6.45) is 0.425. The van der Waals surface area contributed by atoms with Crippen LogP contribution < -0.4 is 5.32 Å². The van der Waals surface area contributed by atoms with Crippen molar-refractivity contribution in [3.63, 3.8) is 0 Å². The highest BCUT2D eigenvalue weighted by atomic mass is 32.1. The van der Waals surface area contributed by atoms with Crippen LogP contribution in [0.15, 0.2) is 46.3 Å². The third-order valence-corrected chi connectivity index (χ3v) is 3.98. The monoisotopic (exact) mass is 344 g/mol. The van der Waals surface area contributed by atoms with E-state index in [1.807, 2.05) is 17.5 Å². The molecule has 2 aromatic heterocycles. The zero-order chi connectivity index (χ0) is 16.9. The number of carbonyl (C=O) groups excluding carboxylic acids is 1. The fraction of sp³-hybridized carbons (Fsp3) is 0.133. The number of thiophene rings is 1. The van der Waals surface area contributed by atoms with Gasteiger partial charge in [-0.05, 0) is 17.5 Å². The summed E-state index contributed by atoms with van der Waals surface area (Å²) in [5, 5.41) is 19.1. The molecule has 0 aliphatic rings. The lowest BCUT2D eigenvalue weighted by Crippen LogP contribution is -2.12. The fourth-order valence-electron chi connectivity index (χ4n) is 2.00. The number of nitrogens with zero attached hydrogens (tertiary/aromatic N) is 3. The van der Waals surface area contributed by atoms with Crippen molar-refractivity contribution in [1.29, 1.82) is 0 Å². The lowest BCUT2D eigenvalue weighted by atomic mass is 10.2. The van der Waals surface area contributed by atoms with Gasteiger partial charge in [0.15, 0.2) is 0 Å². The van der Waals surface area contributed by atoms with Gasteiger partial charge in [-0.15, -0.1) is 11.3 Å². The van der Waals surface area contributed by atoms with E-state index in [0.29, 0.717) is 23.8 Å². The highest BCUT2D eigenvalue weighted by Crippen LogP contribution is 2.21. The molecule has 0 saturated carbocycles. The van der Waals surface area contributed by atoms with Gasteiger partial charge in [0, 0.05) is 30.7 Å². The molecule has 0 unspecified atom stereocenters. The maximum Gasteiger partial charge on any atom is 0.271 e. The number of anilines is 1. The molecule has 0 atom stereocenters. The van der Waals surface area contributed by atoms with Crippen LogP contribution in [0, 0.1) is 10.1 Å². The van der Waals surface area contributed by atoms with Crippen LogP contribution >= 0.6 is 11.3 Å².